The van der Waals surface area contributed by atoms with Crippen LogP contribution in [0.2, 0.25) is 0 Å². The Morgan fingerprint density at radius 1 is 0.295 bits per heavy atom. The molecule has 5 heterocycles. The average molecular weight is 2320 g/mol. The molecule has 139 heavy (non-hydrogen) atoms. The molecule has 0 unspecified atom stereocenters. The van der Waals surface area contributed by atoms with E-state index in [0.29, 0.717) is 35.7 Å². The lowest BCUT2D eigenvalue weighted by Gasteiger charge is -1.88. The van der Waals surface area contributed by atoms with Gasteiger partial charge in [-0.05, 0) is 186 Å². The van der Waals surface area contributed by atoms with Gasteiger partial charge in [0.25, 0.3) is 11.8 Å². The Bertz CT molecular complexity index is 4540. The fourth-order valence-electron chi connectivity index (χ4n) is 5.96. The number of nitrogens with one attached hydrogen (secondary N) is 1. The summed E-state index contributed by atoms with van der Waals surface area (Å²) < 4.78 is 13.8. The lowest BCUT2D eigenvalue weighted by molar-refractivity contribution is 0.0879. The van der Waals surface area contributed by atoms with Crippen LogP contribution in [-0.2, 0) is 0 Å². The Morgan fingerprint density at radius 3 is 0.626 bits per heavy atom. The molecule has 0 fully saturated rings. The molecule has 0 saturated heterocycles. The zero-order chi connectivity index (χ0) is 108. The molecule has 4 aromatic heterocycles. The molecule has 6 aromatic carbocycles. The van der Waals surface area contributed by atoms with E-state index in [2.05, 4.69) is 268 Å². The van der Waals surface area contributed by atoms with E-state index >= 15 is 0 Å². The predicted octanol–water partition coefficient (Wildman–Crippen LogP) is 18.7. The number of hydrogen-bond donors (Lipinski definition) is 15. The Morgan fingerprint density at radius 2 is 0.496 bits per heavy atom. The first kappa shape index (κ1) is 155. The fourth-order valence-corrected chi connectivity index (χ4v) is 9.24. The van der Waals surface area contributed by atoms with Crippen LogP contribution in [-0.4, -0.2) is 172 Å². The molecule has 0 saturated carbocycles. The van der Waals surface area contributed by atoms with Gasteiger partial charge in [0.15, 0.2) is 20.9 Å². The van der Waals surface area contributed by atoms with E-state index in [1.807, 2.05) is 273 Å². The Balaban J connectivity index is -0.000000110. The zero-order valence-corrected chi connectivity index (χ0v) is 92.1. The summed E-state index contributed by atoms with van der Waals surface area (Å²) in [7, 11) is 1.50. The van der Waals surface area contributed by atoms with Crippen LogP contribution in [0.3, 0.4) is 0 Å². The van der Waals surface area contributed by atoms with Gasteiger partial charge < -0.3 is 82.2 Å². The van der Waals surface area contributed by atoms with Gasteiger partial charge in [0.1, 0.15) is 72.7 Å². The third kappa shape index (κ3) is 149. The molecule has 10 aromatic rings. The van der Waals surface area contributed by atoms with Crippen molar-refractivity contribution >= 4 is 130 Å². The van der Waals surface area contributed by atoms with E-state index in [-0.39, 0.29) is 84.5 Å². The van der Waals surface area contributed by atoms with E-state index in [1.54, 1.807) is 89.3 Å². The average Bonchev–Trinajstić information content (AvgIpc) is 1.68. The molecule has 0 spiro atoms. The molecule has 19 nitrogen and oxygen atoms in total. The zero-order valence-electron chi connectivity index (χ0n) is 81.0. The molecular weight excluding hydrogens is 2180 g/mol. The molecule has 0 radical (unpaired) electrons. The van der Waals surface area contributed by atoms with Crippen molar-refractivity contribution in [3.05, 3.63) is 304 Å². The van der Waals surface area contributed by atoms with Gasteiger partial charge in [-0.2, -0.15) is 11.3 Å². The minimum Gasteiger partial charge on any atom is -0.443 e. The summed E-state index contributed by atoms with van der Waals surface area (Å²) in [6.45, 7) is 17.8. The van der Waals surface area contributed by atoms with Gasteiger partial charge >= 0.3 is 0 Å². The van der Waals surface area contributed by atoms with Crippen molar-refractivity contribution in [2.24, 2.45) is 17.2 Å². The monoisotopic (exact) mass is 2310 g/mol. The summed E-state index contributed by atoms with van der Waals surface area (Å²) in [4.78, 5) is 21.9. The molecule has 0 aliphatic carbocycles. The number of hydrogen-bond acceptors (Lipinski definition) is 20. The van der Waals surface area contributed by atoms with Crippen molar-refractivity contribution in [3.63, 3.8) is 0 Å². The molecule has 1 aliphatic heterocycles. The van der Waals surface area contributed by atoms with Crippen molar-refractivity contribution in [2.75, 3.05) is 104 Å². The number of rotatable bonds is 0. The summed E-state index contributed by atoms with van der Waals surface area (Å²) in [5.74, 6) is 72.2. The van der Waals surface area contributed by atoms with Crippen molar-refractivity contribution in [1.29, 1.82) is 0 Å². The van der Waals surface area contributed by atoms with Crippen LogP contribution in [0.4, 0.5) is 0 Å². The fraction of sp³-hybridized carbons (Fsp3) is 0.250. The molecule has 0 bridgehead atoms. The normalized spacial score (nSPS) is 7.41. The van der Waals surface area contributed by atoms with Crippen molar-refractivity contribution in [1.82, 2.24) is 5.32 Å². The highest BCUT2D eigenvalue weighted by Gasteiger charge is 2.25. The second kappa shape index (κ2) is 154. The van der Waals surface area contributed by atoms with Gasteiger partial charge in [0.2, 0.25) is 0 Å². The number of amides is 2. The highest BCUT2D eigenvalue weighted by molar-refractivity contribution is 9.13. The number of carbonyl (C=O) groups excluding carboxylic acids is 2. The summed E-state index contributed by atoms with van der Waals surface area (Å²) in [5.41, 5.74) is 17.0. The SMILES string of the molecule is Brc1ccc(Br)o1.Brc1cscc1Br.C#CCO.C#CCO.C#CCO.CBr.CBr.CC#CCC.CC#CCC.CC#CCN.CC#CCN.CC#CCO.CC#CCO.CC#CCO.CC#CCO.CN.O=C1NC(=O)c2ccccc21.OCC#Cc1ccc(C#CCO)o1.OCC#Cc1cscc1C#CCO.c1ccccc1.c1ccccc1.c1ccccc1.c1ccccc1.c1ccccc1. The number of fused-ring (bicyclic) bond motifs is 1. The lowest BCUT2D eigenvalue weighted by Crippen LogP contribution is -2.19. The van der Waals surface area contributed by atoms with Gasteiger partial charge in [-0.3, -0.25) is 14.9 Å². The van der Waals surface area contributed by atoms with Gasteiger partial charge in [0.05, 0.1) is 35.3 Å². The number of imide groups is 1. The summed E-state index contributed by atoms with van der Waals surface area (Å²) in [5, 5.41) is 98.3. The second-order valence-corrected chi connectivity index (χ2v) is 25.4. The van der Waals surface area contributed by atoms with E-state index in [0.717, 1.165) is 42.3 Å². The van der Waals surface area contributed by atoms with Gasteiger partial charge in [-0.1, -0.05) is 329 Å². The highest BCUT2D eigenvalue weighted by atomic mass is 79.9. The number of terminal acetylenes is 3. The van der Waals surface area contributed by atoms with Crippen LogP contribution in [0.1, 0.15) is 125 Å². The van der Waals surface area contributed by atoms with Crippen LogP contribution in [0.15, 0.2) is 279 Å². The van der Waals surface area contributed by atoms with E-state index in [4.69, 9.17) is 76.5 Å². The molecule has 2 amide bonds. The number of furan rings is 2. The van der Waals surface area contributed by atoms with Crippen molar-refractivity contribution in [3.8, 4) is 179 Å². The summed E-state index contributed by atoms with van der Waals surface area (Å²) >= 11 is 22.0. The maximum Gasteiger partial charge on any atom is 0.258 e. The number of benzene rings is 6. The number of aliphatic hydroxyl groups excluding tert-OH is 11. The molecule has 1 aliphatic rings. The van der Waals surface area contributed by atoms with Crippen LogP contribution in [0.5, 0.6) is 0 Å². The van der Waals surface area contributed by atoms with Gasteiger partial charge in [-0.15, -0.1) is 89.8 Å². The Kier molecular flexibility index (Phi) is 172. The van der Waals surface area contributed by atoms with Gasteiger partial charge in [-0.25, -0.2) is 0 Å². The maximum atomic E-state index is 10.9. The summed E-state index contributed by atoms with van der Waals surface area (Å²) in [6, 6.07) is 73.7. The number of thiophene rings is 2. The number of carbonyl (C=O) groups is 2. The standard InChI is InChI=1S/C10H8O3.C10H8O2S.C8H5NO2.5C6H6.2C5H8.C4H2Br2O.C4H2Br2S.2C4H7N.4C4H6O.3C3H4O.2CH3Br.CH5N/c11-7-1-3-9-5-6-10(13-9)4-2-8-12;11-5-1-3-9-7-13-8-10(9)4-2-6-12;10-7-5-3-1-2-4-6(5)8(11)9-7;5*1-2-4-6-5-3-1;2*1-3-5-4-2;5-3-1-2-4(6)7-3;5-3-1-7-2-4(3)6;6*1-2-3-4-5;3*1-2-3-4;3*1-2/h5-6,11-12H,7-8H2;7-8,11-12H,5-6H2;1-4H,(H,9,10,11);5*1-6H;2*3H2,1-2H3;2*1-2H;2*4-5H2,1H3;4*5H,4H2,1H3;3*1,4H,3H2;2*1H3;2H2,1H3. The molecule has 11 rings (SSSR count). The number of alkyl halides is 2. The highest BCUT2D eigenvalue weighted by Crippen LogP contribution is 2.26. The number of nitrogens with two attached hydrogens (primary N) is 3. The maximum absolute atomic E-state index is 10.9. The first-order chi connectivity index (χ1) is 67.7. The molecule has 18 N–H and O–H groups in total. The largest absolute Gasteiger partial charge is 0.443 e. The van der Waals surface area contributed by atoms with Gasteiger partial charge in [0, 0.05) is 43.3 Å². The van der Waals surface area contributed by atoms with E-state index in [9.17, 15) is 9.59 Å². The smallest absolute Gasteiger partial charge is 0.258 e. The van der Waals surface area contributed by atoms with Crippen molar-refractivity contribution in [2.45, 2.75) is 82.1 Å². The Hall–Kier alpha value is -11.9. The van der Waals surface area contributed by atoms with Crippen molar-refractivity contribution < 1.29 is 74.6 Å². The molecule has 0 atom stereocenters. The quantitative estimate of drug-likeness (QED) is 0.0381. The molecule has 744 valence electrons. The number of aliphatic hydroxyl groups is 11. The van der Waals surface area contributed by atoms with Crippen LogP contribution >= 0.6 is 118 Å². The van der Waals surface area contributed by atoms with Crippen LogP contribution < -0.4 is 22.5 Å². The third-order valence-electron chi connectivity index (χ3n) is 11.1. The number of halogens is 6. The minimum absolute atomic E-state index is 0.0174. The topological polar surface area (TPSA) is 373 Å². The summed E-state index contributed by atoms with van der Waals surface area (Å²) in [6.07, 6.45) is 15.5. The first-order valence-corrected chi connectivity index (χ1v) is 48.7. The van der Waals surface area contributed by atoms with Crippen LogP contribution in [0, 0.1) is 179 Å². The minimum atomic E-state index is -0.300. The molecule has 27 heteroatoms. The van der Waals surface area contributed by atoms with E-state index in [1.165, 1.54) is 18.4 Å². The van der Waals surface area contributed by atoms with E-state index < -0.39 is 0 Å². The molecular formula is C112H132Br6N4O15S2. The Labute approximate surface area is 889 Å². The predicted molar refractivity (Wildman–Crippen MR) is 605 cm³/mol. The van der Waals surface area contributed by atoms with Crippen LogP contribution in [0.25, 0.3) is 0 Å². The first-order valence-electron chi connectivity index (χ1n) is 40.4. The lowest BCUT2D eigenvalue weighted by atomic mass is 10.1. The second-order valence-electron chi connectivity index (χ2n) is 20.7. The third-order valence-corrected chi connectivity index (χ3v) is 15.9.